The molecule has 0 aliphatic heterocycles. The van der Waals surface area contributed by atoms with Crippen LogP contribution >= 0.6 is 0 Å². The predicted octanol–water partition coefficient (Wildman–Crippen LogP) is 4.02. The van der Waals surface area contributed by atoms with Gasteiger partial charge in [0.15, 0.2) is 0 Å². The molecule has 3 heteroatoms. The van der Waals surface area contributed by atoms with Gasteiger partial charge in [-0.3, -0.25) is 0 Å². The Kier molecular flexibility index (Phi) is 3.61. The van der Waals surface area contributed by atoms with Crippen molar-refractivity contribution in [2.75, 3.05) is 14.2 Å². The van der Waals surface area contributed by atoms with Crippen LogP contribution in [0.1, 0.15) is 42.4 Å². The standard InChI is InChI=1S/C16H22O2Si/c1-17-19(18-2,14-8-4-5-9-14)16-12-11-13-7-3-6-10-15(13)16/h3,6-7,10-12,14,16H,4-5,8-9H2,1-2H3. The molecule has 0 aromatic heterocycles. The Labute approximate surface area is 116 Å². The van der Waals surface area contributed by atoms with Gasteiger partial charge in [0.2, 0.25) is 0 Å². The maximum Gasteiger partial charge on any atom is 0.352 e. The van der Waals surface area contributed by atoms with Crippen LogP contribution in [0.2, 0.25) is 5.54 Å². The summed E-state index contributed by atoms with van der Waals surface area (Å²) in [4.78, 5) is 0. The summed E-state index contributed by atoms with van der Waals surface area (Å²) in [6.07, 6.45) is 9.71. The quantitative estimate of drug-likeness (QED) is 0.772. The SMILES string of the molecule is CO[Si](OC)(C1CCCC1)C1C=Cc2ccccc21. The van der Waals surface area contributed by atoms with E-state index in [0.717, 1.165) is 0 Å². The topological polar surface area (TPSA) is 18.5 Å². The second kappa shape index (κ2) is 5.23. The van der Waals surface area contributed by atoms with E-state index in [9.17, 15) is 0 Å². The van der Waals surface area contributed by atoms with Crippen molar-refractivity contribution in [3.8, 4) is 0 Å². The summed E-state index contributed by atoms with van der Waals surface area (Å²) in [6, 6.07) is 8.64. The second-order valence-electron chi connectivity index (χ2n) is 5.58. The Hall–Kier alpha value is -0.903. The van der Waals surface area contributed by atoms with Gasteiger partial charge in [-0.05, 0) is 24.0 Å². The molecule has 102 valence electrons. The molecule has 0 radical (unpaired) electrons. The predicted molar refractivity (Wildman–Crippen MR) is 80.2 cm³/mol. The van der Waals surface area contributed by atoms with E-state index in [1.807, 2.05) is 14.2 Å². The van der Waals surface area contributed by atoms with Crippen LogP contribution in [0.5, 0.6) is 0 Å². The van der Waals surface area contributed by atoms with Crippen molar-refractivity contribution in [3.05, 3.63) is 41.5 Å². The Morgan fingerprint density at radius 1 is 1.05 bits per heavy atom. The van der Waals surface area contributed by atoms with E-state index >= 15 is 0 Å². The first-order valence-electron chi connectivity index (χ1n) is 7.19. The number of benzene rings is 1. The first-order valence-corrected chi connectivity index (χ1v) is 9.16. The molecule has 2 aliphatic rings. The van der Waals surface area contributed by atoms with E-state index in [2.05, 4.69) is 36.4 Å². The maximum absolute atomic E-state index is 6.08. The number of fused-ring (bicyclic) bond motifs is 1. The zero-order chi connectivity index (χ0) is 13.3. The average molecular weight is 274 g/mol. The second-order valence-corrected chi connectivity index (χ2v) is 9.27. The van der Waals surface area contributed by atoms with Gasteiger partial charge >= 0.3 is 8.56 Å². The van der Waals surface area contributed by atoms with E-state index in [4.69, 9.17) is 8.85 Å². The van der Waals surface area contributed by atoms with Crippen LogP contribution in [0.25, 0.3) is 6.08 Å². The molecule has 1 atom stereocenters. The van der Waals surface area contributed by atoms with Crippen molar-refractivity contribution in [2.45, 2.75) is 36.8 Å². The smallest absolute Gasteiger partial charge is 0.352 e. The highest BCUT2D eigenvalue weighted by Gasteiger charge is 2.52. The molecule has 0 bridgehead atoms. The van der Waals surface area contributed by atoms with Crippen LogP contribution < -0.4 is 0 Å². The molecular formula is C16H22O2Si. The van der Waals surface area contributed by atoms with Crippen molar-refractivity contribution >= 4 is 14.6 Å². The molecule has 1 fully saturated rings. The Balaban J connectivity index is 2.00. The summed E-state index contributed by atoms with van der Waals surface area (Å²) in [5.41, 5.74) is 3.70. The summed E-state index contributed by atoms with van der Waals surface area (Å²) in [6.45, 7) is 0. The molecule has 1 saturated carbocycles. The third kappa shape index (κ3) is 2.00. The minimum atomic E-state index is -2.22. The monoisotopic (exact) mass is 274 g/mol. The lowest BCUT2D eigenvalue weighted by molar-refractivity contribution is 0.222. The molecular weight excluding hydrogens is 252 g/mol. The van der Waals surface area contributed by atoms with Crippen molar-refractivity contribution in [1.82, 2.24) is 0 Å². The molecule has 19 heavy (non-hydrogen) atoms. The lowest BCUT2D eigenvalue weighted by atomic mass is 10.1. The molecule has 0 spiro atoms. The van der Waals surface area contributed by atoms with E-state index in [1.54, 1.807) is 0 Å². The number of hydrogen-bond acceptors (Lipinski definition) is 2. The lowest BCUT2D eigenvalue weighted by Gasteiger charge is -2.37. The summed E-state index contributed by atoms with van der Waals surface area (Å²) >= 11 is 0. The zero-order valence-corrected chi connectivity index (χ0v) is 12.8. The highest BCUT2D eigenvalue weighted by molar-refractivity contribution is 6.71. The molecule has 3 rings (SSSR count). The van der Waals surface area contributed by atoms with E-state index in [0.29, 0.717) is 11.1 Å². The van der Waals surface area contributed by atoms with Crippen LogP contribution in [-0.2, 0) is 8.85 Å². The largest absolute Gasteiger partial charge is 0.397 e. The van der Waals surface area contributed by atoms with Gasteiger partial charge in [0, 0.05) is 25.3 Å². The first kappa shape index (κ1) is 13.1. The third-order valence-corrected chi connectivity index (χ3v) is 9.16. The average Bonchev–Trinajstić information content (AvgIpc) is 3.11. The Morgan fingerprint density at radius 3 is 2.42 bits per heavy atom. The van der Waals surface area contributed by atoms with Crippen LogP contribution in [0.3, 0.4) is 0 Å². The molecule has 0 heterocycles. The minimum absolute atomic E-state index is 0.349. The fourth-order valence-electron chi connectivity index (χ4n) is 3.85. The Morgan fingerprint density at radius 2 is 1.74 bits per heavy atom. The molecule has 1 unspecified atom stereocenters. The molecule has 1 aromatic carbocycles. The summed E-state index contributed by atoms with van der Waals surface area (Å²) < 4.78 is 12.2. The van der Waals surface area contributed by atoms with Crippen LogP contribution in [0.15, 0.2) is 30.3 Å². The van der Waals surface area contributed by atoms with Gasteiger partial charge in [0.25, 0.3) is 0 Å². The highest BCUT2D eigenvalue weighted by atomic mass is 28.4. The van der Waals surface area contributed by atoms with Gasteiger partial charge in [0.05, 0.1) is 0 Å². The van der Waals surface area contributed by atoms with Crippen LogP contribution in [0, 0.1) is 0 Å². The molecule has 2 nitrogen and oxygen atoms in total. The minimum Gasteiger partial charge on any atom is -0.397 e. The van der Waals surface area contributed by atoms with Gasteiger partial charge in [-0.25, -0.2) is 0 Å². The van der Waals surface area contributed by atoms with Crippen LogP contribution in [-0.4, -0.2) is 22.8 Å². The first-order chi connectivity index (χ1) is 9.31. The number of rotatable bonds is 4. The van der Waals surface area contributed by atoms with Crippen molar-refractivity contribution in [2.24, 2.45) is 0 Å². The Bertz CT molecular complexity index is 473. The summed E-state index contributed by atoms with van der Waals surface area (Å²) in [7, 11) is 1.48. The highest BCUT2D eigenvalue weighted by Crippen LogP contribution is 2.48. The zero-order valence-electron chi connectivity index (χ0n) is 11.8. The number of allylic oxidation sites excluding steroid dienone is 1. The molecule has 1 aromatic rings. The van der Waals surface area contributed by atoms with Gasteiger partial charge in [0.1, 0.15) is 0 Å². The summed E-state index contributed by atoms with van der Waals surface area (Å²) in [5.74, 6) is 0. The molecule has 0 N–H and O–H groups in total. The maximum atomic E-state index is 6.08. The lowest BCUT2D eigenvalue weighted by Crippen LogP contribution is -2.49. The summed E-state index contributed by atoms with van der Waals surface area (Å²) in [5, 5.41) is 0. The van der Waals surface area contributed by atoms with Crippen molar-refractivity contribution in [1.29, 1.82) is 0 Å². The van der Waals surface area contributed by atoms with Crippen molar-refractivity contribution in [3.63, 3.8) is 0 Å². The van der Waals surface area contributed by atoms with E-state index in [-0.39, 0.29) is 0 Å². The normalized spacial score (nSPS) is 22.9. The fourth-order valence-corrected chi connectivity index (χ4v) is 7.98. The molecule has 2 aliphatic carbocycles. The third-order valence-electron chi connectivity index (χ3n) is 4.80. The van der Waals surface area contributed by atoms with Gasteiger partial charge in [-0.2, -0.15) is 0 Å². The van der Waals surface area contributed by atoms with E-state index in [1.165, 1.54) is 36.8 Å². The van der Waals surface area contributed by atoms with Gasteiger partial charge < -0.3 is 8.85 Å². The van der Waals surface area contributed by atoms with E-state index < -0.39 is 8.56 Å². The number of hydrogen-bond donors (Lipinski definition) is 0. The fraction of sp³-hybridized carbons (Fsp3) is 0.500. The van der Waals surface area contributed by atoms with Crippen molar-refractivity contribution < 1.29 is 8.85 Å². The van der Waals surface area contributed by atoms with Gasteiger partial charge in [-0.15, -0.1) is 0 Å². The van der Waals surface area contributed by atoms with Crippen LogP contribution in [0.4, 0.5) is 0 Å². The molecule has 0 amide bonds. The van der Waals surface area contributed by atoms with Gasteiger partial charge in [-0.1, -0.05) is 49.3 Å². The molecule has 0 saturated heterocycles.